The molecule has 0 N–H and O–H groups in total. The first-order valence-corrected chi connectivity index (χ1v) is 5.24. The van der Waals surface area contributed by atoms with Crippen LogP contribution in [-0.4, -0.2) is 20.0 Å². The van der Waals surface area contributed by atoms with Crippen LogP contribution in [0.15, 0.2) is 54.9 Å². The minimum atomic E-state index is 0. The number of hydrogen-bond donors (Lipinski definition) is 0. The molecule has 0 aliphatic heterocycles. The van der Waals surface area contributed by atoms with Crippen LogP contribution in [0.3, 0.4) is 0 Å². The molecule has 0 radical (unpaired) electrons. The molecule has 0 aliphatic rings. The van der Waals surface area contributed by atoms with Crippen LogP contribution >= 0.6 is 0 Å². The molecule has 3 rings (SSSR count). The van der Waals surface area contributed by atoms with Crippen molar-refractivity contribution >= 4 is 0 Å². The van der Waals surface area contributed by atoms with Crippen LogP contribution in [0.5, 0.6) is 0 Å². The zero-order valence-electron chi connectivity index (χ0n) is 9.30. The second kappa shape index (κ2) is 5.69. The maximum atomic E-state index is 4.36. The van der Waals surface area contributed by atoms with E-state index in [0.717, 1.165) is 11.3 Å². The first-order valence-electron chi connectivity index (χ1n) is 5.24. The van der Waals surface area contributed by atoms with E-state index >= 15 is 0 Å². The molecule has 2 heterocycles. The van der Waals surface area contributed by atoms with Crippen LogP contribution in [-0.2, 0) is 21.1 Å². The fraction of sp³-hybridized carbons (Fsp3) is 0. The van der Waals surface area contributed by atoms with Gasteiger partial charge in [-0.25, -0.2) is 4.98 Å². The van der Waals surface area contributed by atoms with E-state index in [1.165, 1.54) is 4.80 Å². The van der Waals surface area contributed by atoms with Crippen LogP contribution in [0, 0.1) is 6.07 Å². The standard InChI is InChI=1S/C13H9N4.Pt/c1-2-6-11(7-3-1)12-10-15-17(16-12)13-8-4-5-9-14-13;/h1-6,8-10H;/q-1;. The van der Waals surface area contributed by atoms with Crippen molar-refractivity contribution in [3.05, 3.63) is 60.9 Å². The molecular weight excluding hydrogens is 407 g/mol. The van der Waals surface area contributed by atoms with Crippen molar-refractivity contribution in [3.63, 3.8) is 0 Å². The summed E-state index contributed by atoms with van der Waals surface area (Å²) < 4.78 is 0. The topological polar surface area (TPSA) is 43.6 Å². The minimum absolute atomic E-state index is 0. The fourth-order valence-electron chi connectivity index (χ4n) is 1.52. The monoisotopic (exact) mass is 416 g/mol. The summed E-state index contributed by atoms with van der Waals surface area (Å²) in [6, 6.07) is 16.4. The summed E-state index contributed by atoms with van der Waals surface area (Å²) in [5.74, 6) is 0.703. The summed E-state index contributed by atoms with van der Waals surface area (Å²) in [5, 5.41) is 8.55. The van der Waals surface area contributed by atoms with Crippen LogP contribution in [0.2, 0.25) is 0 Å². The van der Waals surface area contributed by atoms with Gasteiger partial charge in [0.25, 0.3) is 0 Å². The average molecular weight is 416 g/mol. The Hall–Kier alpha value is -1.80. The van der Waals surface area contributed by atoms with Gasteiger partial charge >= 0.3 is 0 Å². The molecule has 3 aromatic rings. The first kappa shape index (κ1) is 12.6. The quantitative estimate of drug-likeness (QED) is 0.602. The predicted octanol–water partition coefficient (Wildman–Crippen LogP) is 2.13. The van der Waals surface area contributed by atoms with E-state index in [1.54, 1.807) is 12.4 Å². The molecule has 2 aromatic heterocycles. The van der Waals surface area contributed by atoms with Crippen molar-refractivity contribution in [2.24, 2.45) is 0 Å². The van der Waals surface area contributed by atoms with Crippen LogP contribution in [0.1, 0.15) is 0 Å². The van der Waals surface area contributed by atoms with Gasteiger partial charge in [-0.05, 0) is 12.1 Å². The van der Waals surface area contributed by atoms with E-state index in [-0.39, 0.29) is 21.1 Å². The second-order valence-electron chi connectivity index (χ2n) is 3.48. The van der Waals surface area contributed by atoms with E-state index in [0.29, 0.717) is 5.82 Å². The fourth-order valence-corrected chi connectivity index (χ4v) is 1.52. The number of benzene rings is 1. The van der Waals surface area contributed by atoms with Crippen molar-refractivity contribution < 1.29 is 21.1 Å². The van der Waals surface area contributed by atoms with E-state index in [2.05, 4.69) is 21.2 Å². The molecule has 0 bridgehead atoms. The second-order valence-corrected chi connectivity index (χ2v) is 3.48. The summed E-state index contributed by atoms with van der Waals surface area (Å²) in [4.78, 5) is 5.69. The Morgan fingerprint density at radius 2 is 1.94 bits per heavy atom. The van der Waals surface area contributed by atoms with Crippen molar-refractivity contribution in [1.29, 1.82) is 0 Å². The van der Waals surface area contributed by atoms with Gasteiger partial charge in [-0.3, -0.25) is 0 Å². The Balaban J connectivity index is 0.00000120. The first-order chi connectivity index (χ1) is 8.43. The normalized spacial score (nSPS) is 9.78. The molecule has 0 unspecified atom stereocenters. The number of hydrogen-bond acceptors (Lipinski definition) is 3. The maximum Gasteiger partial charge on any atom is 0.173 e. The summed E-state index contributed by atoms with van der Waals surface area (Å²) in [6.45, 7) is 0. The van der Waals surface area contributed by atoms with Gasteiger partial charge in [0.05, 0.1) is 0 Å². The summed E-state index contributed by atoms with van der Waals surface area (Å²) >= 11 is 0. The van der Waals surface area contributed by atoms with E-state index in [4.69, 9.17) is 0 Å². The molecule has 5 heteroatoms. The van der Waals surface area contributed by atoms with Gasteiger partial charge in [0.15, 0.2) is 5.82 Å². The van der Waals surface area contributed by atoms with Crippen molar-refractivity contribution in [1.82, 2.24) is 20.0 Å². The molecule has 0 atom stereocenters. The number of nitrogens with zero attached hydrogens (tertiary/aromatic N) is 4. The van der Waals surface area contributed by atoms with Gasteiger partial charge in [-0.15, -0.1) is 40.7 Å². The Labute approximate surface area is 119 Å². The predicted molar refractivity (Wildman–Crippen MR) is 63.4 cm³/mol. The SMILES string of the molecule is [Pt].[c-]1ccccc1-c1cnn(-c2ccccn2)n1. The van der Waals surface area contributed by atoms with Crippen LogP contribution < -0.4 is 0 Å². The number of pyridine rings is 1. The molecule has 0 saturated heterocycles. The van der Waals surface area contributed by atoms with Crippen molar-refractivity contribution in [2.45, 2.75) is 0 Å². The van der Waals surface area contributed by atoms with E-state index in [9.17, 15) is 0 Å². The third kappa shape index (κ3) is 2.54. The maximum absolute atomic E-state index is 4.36. The Bertz CT molecular complexity index is 553. The third-order valence-electron chi connectivity index (χ3n) is 2.33. The molecule has 1 aromatic carbocycles. The number of rotatable bonds is 2. The van der Waals surface area contributed by atoms with Crippen molar-refractivity contribution in [3.8, 4) is 17.1 Å². The third-order valence-corrected chi connectivity index (χ3v) is 2.33. The van der Waals surface area contributed by atoms with Crippen molar-refractivity contribution in [2.75, 3.05) is 0 Å². The Kier molecular flexibility index (Phi) is 4.00. The molecule has 92 valence electrons. The van der Waals surface area contributed by atoms with E-state index < -0.39 is 0 Å². The Morgan fingerprint density at radius 1 is 1.06 bits per heavy atom. The van der Waals surface area contributed by atoms with Gasteiger partial charge in [-0.2, -0.15) is 10.2 Å². The zero-order valence-corrected chi connectivity index (χ0v) is 11.6. The van der Waals surface area contributed by atoms with Gasteiger partial charge in [0.1, 0.15) is 0 Å². The Morgan fingerprint density at radius 3 is 2.67 bits per heavy atom. The van der Waals surface area contributed by atoms with Gasteiger partial charge in [0, 0.05) is 39.2 Å². The van der Waals surface area contributed by atoms with E-state index in [1.807, 2.05) is 42.5 Å². The van der Waals surface area contributed by atoms with Gasteiger partial charge in [-0.1, -0.05) is 6.07 Å². The smallest absolute Gasteiger partial charge is 0.173 e. The molecule has 4 nitrogen and oxygen atoms in total. The zero-order chi connectivity index (χ0) is 11.5. The minimum Gasteiger partial charge on any atom is -0.236 e. The van der Waals surface area contributed by atoms with Crippen LogP contribution in [0.25, 0.3) is 17.1 Å². The number of aromatic nitrogens is 4. The molecule has 0 saturated carbocycles. The summed E-state index contributed by atoms with van der Waals surface area (Å²) in [7, 11) is 0. The van der Waals surface area contributed by atoms with Crippen LogP contribution in [0.4, 0.5) is 0 Å². The molecule has 0 aliphatic carbocycles. The summed E-state index contributed by atoms with van der Waals surface area (Å²) in [5.41, 5.74) is 1.71. The van der Waals surface area contributed by atoms with Gasteiger partial charge in [0.2, 0.25) is 0 Å². The molecule has 18 heavy (non-hydrogen) atoms. The molecule has 0 spiro atoms. The molecule has 0 amide bonds. The molecule has 0 fully saturated rings. The molecular formula is C13H9N4Pt-. The average Bonchev–Trinajstić information content (AvgIpc) is 2.90. The summed E-state index contributed by atoms with van der Waals surface area (Å²) in [6.07, 6.45) is 3.42. The largest absolute Gasteiger partial charge is 0.236 e. The van der Waals surface area contributed by atoms with Gasteiger partial charge < -0.3 is 0 Å².